The van der Waals surface area contributed by atoms with Gasteiger partial charge in [-0.15, -0.1) is 0 Å². The quantitative estimate of drug-likeness (QED) is 0.0706. The lowest BCUT2D eigenvalue weighted by Crippen LogP contribution is -2.57. The second kappa shape index (κ2) is 15.0. The number of imidazole rings is 1. The molecular formula is C28H45N11O5. The van der Waals surface area contributed by atoms with Crippen LogP contribution in [0.25, 0.3) is 0 Å². The first-order chi connectivity index (χ1) is 21.1. The zero-order valence-electron chi connectivity index (χ0n) is 25.0. The summed E-state index contributed by atoms with van der Waals surface area (Å²) < 4.78 is 0. The molecule has 16 nitrogen and oxygen atoms in total. The minimum absolute atomic E-state index is 0.0230. The number of nitrogens with zero attached hydrogens (tertiary/aromatic N) is 4. The minimum Gasteiger partial charge on any atom is -0.370 e. The highest BCUT2D eigenvalue weighted by molar-refractivity contribution is 5.95. The Bertz CT molecular complexity index is 1220. The number of amides is 5. The largest absolute Gasteiger partial charge is 0.370 e. The van der Waals surface area contributed by atoms with E-state index < -0.39 is 48.4 Å². The summed E-state index contributed by atoms with van der Waals surface area (Å²) in [7, 11) is 0. The minimum atomic E-state index is -0.989. The third-order valence-corrected chi connectivity index (χ3v) is 8.83. The first-order valence-corrected chi connectivity index (χ1v) is 15.3. The van der Waals surface area contributed by atoms with Gasteiger partial charge in [0.15, 0.2) is 5.96 Å². The fourth-order valence-electron chi connectivity index (χ4n) is 6.70. The molecule has 0 aromatic carbocycles. The lowest BCUT2D eigenvalue weighted by atomic mass is 9.84. The molecule has 0 unspecified atom stereocenters. The number of guanidine groups is 1. The molecule has 44 heavy (non-hydrogen) atoms. The molecular weight excluding hydrogens is 570 g/mol. The van der Waals surface area contributed by atoms with Crippen molar-refractivity contribution in [3.05, 3.63) is 18.2 Å². The van der Waals surface area contributed by atoms with Crippen molar-refractivity contribution < 1.29 is 24.0 Å². The highest BCUT2D eigenvalue weighted by Gasteiger charge is 2.50. The van der Waals surface area contributed by atoms with Crippen LogP contribution in [0.2, 0.25) is 0 Å². The topological polar surface area (TPSA) is 261 Å². The Hall–Kier alpha value is -4.21. The molecule has 242 valence electrons. The van der Waals surface area contributed by atoms with Gasteiger partial charge in [-0.1, -0.05) is 12.8 Å². The lowest BCUT2D eigenvalue weighted by molar-refractivity contribution is -0.148. The number of nitrogens with one attached hydrogen (secondary N) is 3. The zero-order chi connectivity index (χ0) is 31.8. The Labute approximate surface area is 256 Å². The number of carbonyl (C=O) groups excluding carboxylic acids is 5. The van der Waals surface area contributed by atoms with Gasteiger partial charge in [0.25, 0.3) is 0 Å². The Balaban J connectivity index is 1.37. The van der Waals surface area contributed by atoms with Crippen molar-refractivity contribution in [1.82, 2.24) is 30.4 Å². The van der Waals surface area contributed by atoms with E-state index in [1.165, 1.54) is 17.4 Å². The fraction of sp³-hybridized carbons (Fsp3) is 0.679. The Morgan fingerprint density at radius 2 is 1.84 bits per heavy atom. The van der Waals surface area contributed by atoms with Crippen molar-refractivity contribution >= 4 is 35.5 Å². The van der Waals surface area contributed by atoms with Crippen LogP contribution in [0.15, 0.2) is 17.5 Å². The van der Waals surface area contributed by atoms with Gasteiger partial charge in [0, 0.05) is 37.4 Å². The second-order valence-corrected chi connectivity index (χ2v) is 11.9. The monoisotopic (exact) mass is 615 g/mol. The van der Waals surface area contributed by atoms with Gasteiger partial charge in [-0.2, -0.15) is 0 Å². The first kappa shape index (κ1) is 32.7. The van der Waals surface area contributed by atoms with E-state index in [1.54, 1.807) is 4.90 Å². The molecule has 0 spiro atoms. The number of aliphatic imine (C=N–C) groups is 1. The normalized spacial score (nSPS) is 24.2. The molecule has 1 aliphatic carbocycles. The molecule has 2 aliphatic heterocycles. The standard InChI is InChI=1S/C28H45N11O5/c29-18(6-3-9-34-28(31)32)26(43)39-20-7-2-1-5-16(20)11-22(39)27(44)38-10-4-8-21(38)25(42)35-14-23(40)37-19(24(30)41)12-17-13-33-15-36-17/h13,15-16,18-22H,1-12,14,29H2,(H2,30,41)(H,33,36)(H,35,42)(H,37,40)(H4,31,32,34)/t16-,18+,19-,20-,21-,22-/m0/s1. The average molecular weight is 616 g/mol. The summed E-state index contributed by atoms with van der Waals surface area (Å²) in [6.45, 7) is 0.334. The molecule has 6 atom stereocenters. The number of H-pyrrole nitrogens is 1. The Morgan fingerprint density at radius 1 is 1.07 bits per heavy atom. The van der Waals surface area contributed by atoms with Crippen molar-refractivity contribution in [2.45, 2.75) is 94.4 Å². The van der Waals surface area contributed by atoms with E-state index in [2.05, 4.69) is 25.6 Å². The van der Waals surface area contributed by atoms with E-state index >= 15 is 0 Å². The van der Waals surface area contributed by atoms with Gasteiger partial charge in [0.05, 0.1) is 18.9 Å². The Kier molecular flexibility index (Phi) is 11.1. The molecule has 2 saturated heterocycles. The van der Waals surface area contributed by atoms with E-state index in [0.717, 1.165) is 25.7 Å². The third kappa shape index (κ3) is 8.03. The summed E-state index contributed by atoms with van der Waals surface area (Å²) in [5.41, 5.74) is 23.1. The number of hydrogen-bond donors (Lipinski definition) is 7. The highest BCUT2D eigenvalue weighted by atomic mass is 16.2. The van der Waals surface area contributed by atoms with Gasteiger partial charge in [-0.05, 0) is 50.9 Å². The van der Waals surface area contributed by atoms with E-state index in [9.17, 15) is 24.0 Å². The van der Waals surface area contributed by atoms with Gasteiger partial charge < -0.3 is 48.4 Å². The number of likely N-dealkylation sites (tertiary alicyclic amines) is 2. The number of carbonyl (C=O) groups is 5. The molecule has 3 heterocycles. The maximum Gasteiger partial charge on any atom is 0.246 e. The summed E-state index contributed by atoms with van der Waals surface area (Å²) in [6.07, 6.45) is 9.34. The van der Waals surface area contributed by atoms with Crippen molar-refractivity contribution in [2.75, 3.05) is 19.6 Å². The highest BCUT2D eigenvalue weighted by Crippen LogP contribution is 2.41. The number of aromatic amines is 1. The smallest absolute Gasteiger partial charge is 0.246 e. The van der Waals surface area contributed by atoms with Crippen LogP contribution in [0, 0.1) is 5.92 Å². The van der Waals surface area contributed by atoms with Crippen LogP contribution in [0.5, 0.6) is 0 Å². The lowest BCUT2D eigenvalue weighted by Gasteiger charge is -2.36. The van der Waals surface area contributed by atoms with Gasteiger partial charge in [-0.3, -0.25) is 29.0 Å². The number of hydrogen-bond acceptors (Lipinski definition) is 8. The molecule has 3 aliphatic rings. The van der Waals surface area contributed by atoms with Crippen molar-refractivity contribution in [2.24, 2.45) is 33.8 Å². The van der Waals surface area contributed by atoms with E-state index in [-0.39, 0.29) is 36.2 Å². The third-order valence-electron chi connectivity index (χ3n) is 8.83. The van der Waals surface area contributed by atoms with Gasteiger partial charge in [0.2, 0.25) is 29.5 Å². The molecule has 0 radical (unpaired) electrons. The van der Waals surface area contributed by atoms with Gasteiger partial charge >= 0.3 is 0 Å². The number of aromatic nitrogens is 2. The predicted molar refractivity (Wildman–Crippen MR) is 160 cm³/mol. The van der Waals surface area contributed by atoms with Gasteiger partial charge in [-0.25, -0.2) is 4.98 Å². The summed E-state index contributed by atoms with van der Waals surface area (Å²) in [4.78, 5) is 79.2. The van der Waals surface area contributed by atoms with Crippen LogP contribution >= 0.6 is 0 Å². The molecule has 1 aromatic heterocycles. The number of nitrogens with two attached hydrogens (primary N) is 4. The van der Waals surface area contributed by atoms with Gasteiger partial charge in [0.1, 0.15) is 18.1 Å². The van der Waals surface area contributed by atoms with E-state index in [1.807, 2.05) is 0 Å². The first-order valence-electron chi connectivity index (χ1n) is 15.3. The van der Waals surface area contributed by atoms with Crippen molar-refractivity contribution in [3.63, 3.8) is 0 Å². The van der Waals surface area contributed by atoms with Crippen LogP contribution in [0.1, 0.15) is 63.5 Å². The fourth-order valence-corrected chi connectivity index (χ4v) is 6.70. The zero-order valence-corrected chi connectivity index (χ0v) is 25.0. The average Bonchev–Trinajstić information content (AvgIpc) is 3.77. The molecule has 11 N–H and O–H groups in total. The molecule has 16 heteroatoms. The molecule has 3 fully saturated rings. The summed E-state index contributed by atoms with van der Waals surface area (Å²) >= 11 is 0. The van der Waals surface area contributed by atoms with Crippen LogP contribution in [0.3, 0.4) is 0 Å². The summed E-state index contributed by atoms with van der Waals surface area (Å²) in [5.74, 6) is -2.15. The van der Waals surface area contributed by atoms with Crippen LogP contribution in [0.4, 0.5) is 0 Å². The maximum atomic E-state index is 14.0. The number of primary amides is 1. The van der Waals surface area contributed by atoms with E-state index in [0.29, 0.717) is 50.9 Å². The Morgan fingerprint density at radius 3 is 2.55 bits per heavy atom. The molecule has 0 bridgehead atoms. The maximum absolute atomic E-state index is 14.0. The molecule has 1 aromatic rings. The summed E-state index contributed by atoms with van der Waals surface area (Å²) in [6, 6.07) is -3.33. The number of fused-ring (bicyclic) bond motifs is 1. The predicted octanol–water partition coefficient (Wildman–Crippen LogP) is -2.43. The molecule has 1 saturated carbocycles. The van der Waals surface area contributed by atoms with Crippen molar-refractivity contribution in [1.29, 1.82) is 0 Å². The molecule has 4 rings (SSSR count). The summed E-state index contributed by atoms with van der Waals surface area (Å²) in [5, 5.41) is 5.12. The second-order valence-electron chi connectivity index (χ2n) is 11.9. The van der Waals surface area contributed by atoms with Crippen molar-refractivity contribution in [3.8, 4) is 0 Å². The molecule has 5 amide bonds. The van der Waals surface area contributed by atoms with Crippen LogP contribution in [-0.4, -0.2) is 105 Å². The van der Waals surface area contributed by atoms with Crippen LogP contribution in [-0.2, 0) is 30.4 Å². The van der Waals surface area contributed by atoms with Crippen LogP contribution < -0.4 is 33.6 Å². The number of rotatable bonds is 13. The van der Waals surface area contributed by atoms with E-state index in [4.69, 9.17) is 22.9 Å². The SMILES string of the molecule is NC(=O)[C@H](Cc1cnc[nH]1)NC(=O)CNC(=O)[C@@H]1CCCN1C(=O)[C@@H]1C[C@@H]2CCCC[C@@H]2N1C(=O)[C@H](N)CCCN=C(N)N.